The summed E-state index contributed by atoms with van der Waals surface area (Å²) in [4.78, 5) is 2.44. The third kappa shape index (κ3) is 5.84. The molecule has 0 radical (unpaired) electrons. The predicted octanol–water partition coefficient (Wildman–Crippen LogP) is 4.11. The van der Waals surface area contributed by atoms with E-state index in [2.05, 4.69) is 66.5 Å². The largest absolute Gasteiger partial charge is 0.311 e. The van der Waals surface area contributed by atoms with Gasteiger partial charge in [-0.2, -0.15) is 0 Å². The number of hydrogen-bond acceptors (Lipinski definition) is 2. The van der Waals surface area contributed by atoms with Crippen LogP contribution in [0, 0.1) is 0 Å². The van der Waals surface area contributed by atoms with E-state index in [1.54, 1.807) is 0 Å². The Morgan fingerprint density at radius 3 is 2.29 bits per heavy atom. The lowest BCUT2D eigenvalue weighted by molar-refractivity contribution is 0.302. The second-order valence-corrected chi connectivity index (χ2v) is 4.84. The van der Waals surface area contributed by atoms with Gasteiger partial charge in [0, 0.05) is 19.6 Å². The lowest BCUT2D eigenvalue weighted by Gasteiger charge is -2.18. The van der Waals surface area contributed by atoms with Crippen LogP contribution in [-0.2, 0) is 6.54 Å². The highest BCUT2D eigenvalue weighted by molar-refractivity contribution is 5.86. The van der Waals surface area contributed by atoms with Gasteiger partial charge >= 0.3 is 0 Å². The van der Waals surface area contributed by atoms with Gasteiger partial charge in [0.05, 0.1) is 0 Å². The first-order chi connectivity index (χ1) is 9.35. The Bertz CT molecular complexity index is 508. The Morgan fingerprint density at radius 2 is 1.57 bits per heavy atom. The van der Waals surface area contributed by atoms with Gasteiger partial charge in [0.25, 0.3) is 0 Å². The fraction of sp³-hybridized carbons (Fsp3) is 0.412. The van der Waals surface area contributed by atoms with Crippen molar-refractivity contribution < 1.29 is 0 Å². The van der Waals surface area contributed by atoms with Crippen LogP contribution in [0.3, 0.4) is 0 Å². The van der Waals surface area contributed by atoms with Crippen LogP contribution in [0.25, 0.3) is 10.8 Å². The normalized spacial score (nSPS) is 10.2. The van der Waals surface area contributed by atoms with Crippen molar-refractivity contribution >= 4 is 35.6 Å². The second kappa shape index (κ2) is 10.9. The highest BCUT2D eigenvalue weighted by Crippen LogP contribution is 2.17. The molecule has 2 aromatic carbocycles. The first-order valence-corrected chi connectivity index (χ1v) is 7.24. The van der Waals surface area contributed by atoms with Crippen molar-refractivity contribution in [1.29, 1.82) is 0 Å². The van der Waals surface area contributed by atoms with Gasteiger partial charge in [-0.25, -0.2) is 0 Å². The Balaban J connectivity index is 0.00000200. The monoisotopic (exact) mass is 328 g/mol. The fourth-order valence-corrected chi connectivity index (χ4v) is 2.45. The van der Waals surface area contributed by atoms with Crippen molar-refractivity contribution in [3.05, 3.63) is 48.0 Å². The van der Waals surface area contributed by atoms with Crippen LogP contribution >= 0.6 is 24.8 Å². The number of nitrogens with zero attached hydrogens (tertiary/aromatic N) is 1. The predicted molar refractivity (Wildman–Crippen MR) is 97.9 cm³/mol. The quantitative estimate of drug-likeness (QED) is 0.769. The van der Waals surface area contributed by atoms with Gasteiger partial charge < -0.3 is 10.2 Å². The maximum atomic E-state index is 3.55. The Kier molecular flexibility index (Phi) is 10.4. The molecule has 0 heterocycles. The van der Waals surface area contributed by atoms with E-state index in [1.807, 2.05) is 0 Å². The van der Waals surface area contributed by atoms with Crippen molar-refractivity contribution in [2.24, 2.45) is 0 Å². The summed E-state index contributed by atoms with van der Waals surface area (Å²) in [7, 11) is 0. The molecule has 0 saturated heterocycles. The molecule has 2 aromatic rings. The number of likely N-dealkylation sites (N-methyl/N-ethyl adjacent to an activating group) is 1. The van der Waals surface area contributed by atoms with Crippen LogP contribution < -0.4 is 5.32 Å². The highest BCUT2D eigenvalue weighted by atomic mass is 35.5. The number of rotatable bonds is 7. The molecule has 0 saturated carbocycles. The van der Waals surface area contributed by atoms with Crippen LogP contribution in [-0.4, -0.2) is 31.1 Å². The highest BCUT2D eigenvalue weighted by Gasteiger charge is 2.01. The van der Waals surface area contributed by atoms with E-state index in [0.29, 0.717) is 0 Å². The van der Waals surface area contributed by atoms with Gasteiger partial charge in [-0.1, -0.05) is 56.3 Å². The molecule has 118 valence electrons. The van der Waals surface area contributed by atoms with Gasteiger partial charge in [-0.3, -0.25) is 0 Å². The minimum atomic E-state index is 0. The number of benzene rings is 2. The van der Waals surface area contributed by atoms with Crippen LogP contribution in [0.2, 0.25) is 0 Å². The molecule has 0 spiro atoms. The molecular formula is C17H26Cl2N2. The molecule has 0 fully saturated rings. The van der Waals surface area contributed by atoms with E-state index in [0.717, 1.165) is 32.7 Å². The van der Waals surface area contributed by atoms with Gasteiger partial charge in [-0.05, 0) is 29.4 Å². The SMILES string of the molecule is CCN(CC)CCNCc1cccc2ccccc12.Cl.Cl. The third-order valence-corrected chi connectivity index (χ3v) is 3.69. The molecule has 0 atom stereocenters. The molecule has 0 unspecified atom stereocenters. The molecule has 2 rings (SSSR count). The zero-order valence-electron chi connectivity index (χ0n) is 12.8. The zero-order valence-corrected chi connectivity index (χ0v) is 14.5. The number of halogens is 2. The summed E-state index contributed by atoms with van der Waals surface area (Å²) >= 11 is 0. The van der Waals surface area contributed by atoms with E-state index in [1.165, 1.54) is 16.3 Å². The van der Waals surface area contributed by atoms with Crippen LogP contribution in [0.1, 0.15) is 19.4 Å². The summed E-state index contributed by atoms with van der Waals surface area (Å²) in [6.07, 6.45) is 0. The van der Waals surface area contributed by atoms with Crippen molar-refractivity contribution in [2.45, 2.75) is 20.4 Å². The molecule has 1 N–H and O–H groups in total. The van der Waals surface area contributed by atoms with Gasteiger partial charge in [-0.15, -0.1) is 24.8 Å². The second-order valence-electron chi connectivity index (χ2n) is 4.84. The fourth-order valence-electron chi connectivity index (χ4n) is 2.45. The molecular weight excluding hydrogens is 303 g/mol. The molecule has 2 nitrogen and oxygen atoms in total. The lowest BCUT2D eigenvalue weighted by atomic mass is 10.0. The Hall–Kier alpha value is -0.800. The average molecular weight is 329 g/mol. The summed E-state index contributed by atoms with van der Waals surface area (Å²) < 4.78 is 0. The van der Waals surface area contributed by atoms with Crippen molar-refractivity contribution in [3.8, 4) is 0 Å². The number of fused-ring (bicyclic) bond motifs is 1. The maximum Gasteiger partial charge on any atom is 0.0212 e. The van der Waals surface area contributed by atoms with Gasteiger partial charge in [0.1, 0.15) is 0 Å². The van der Waals surface area contributed by atoms with Crippen LogP contribution in [0.15, 0.2) is 42.5 Å². The maximum absolute atomic E-state index is 3.55. The standard InChI is InChI=1S/C17H24N2.2ClH/c1-3-19(4-2)13-12-18-14-16-10-7-9-15-8-5-6-11-17(15)16;;/h5-11,18H,3-4,12-14H2,1-2H3;2*1H. The summed E-state index contributed by atoms with van der Waals surface area (Å²) in [5, 5.41) is 6.24. The smallest absolute Gasteiger partial charge is 0.0212 e. The summed E-state index contributed by atoms with van der Waals surface area (Å²) in [6.45, 7) is 9.81. The van der Waals surface area contributed by atoms with E-state index in [-0.39, 0.29) is 24.8 Å². The summed E-state index contributed by atoms with van der Waals surface area (Å²) in [5.41, 5.74) is 1.39. The van der Waals surface area contributed by atoms with Crippen molar-refractivity contribution in [2.75, 3.05) is 26.2 Å². The molecule has 4 heteroatoms. The van der Waals surface area contributed by atoms with E-state index < -0.39 is 0 Å². The van der Waals surface area contributed by atoms with Crippen LogP contribution in [0.5, 0.6) is 0 Å². The molecule has 0 aliphatic carbocycles. The summed E-state index contributed by atoms with van der Waals surface area (Å²) in [6, 6.07) is 15.1. The number of hydrogen-bond donors (Lipinski definition) is 1. The first kappa shape index (κ1) is 20.2. The van der Waals surface area contributed by atoms with E-state index in [4.69, 9.17) is 0 Å². The van der Waals surface area contributed by atoms with Crippen molar-refractivity contribution in [3.63, 3.8) is 0 Å². The molecule has 0 aromatic heterocycles. The zero-order chi connectivity index (χ0) is 13.5. The summed E-state index contributed by atoms with van der Waals surface area (Å²) in [5.74, 6) is 0. The van der Waals surface area contributed by atoms with E-state index >= 15 is 0 Å². The van der Waals surface area contributed by atoms with Gasteiger partial charge in [0.2, 0.25) is 0 Å². The Labute approximate surface area is 140 Å². The van der Waals surface area contributed by atoms with Gasteiger partial charge in [0.15, 0.2) is 0 Å². The number of nitrogens with one attached hydrogen (secondary N) is 1. The average Bonchev–Trinajstić information content (AvgIpc) is 2.47. The lowest BCUT2D eigenvalue weighted by Crippen LogP contribution is -2.31. The topological polar surface area (TPSA) is 15.3 Å². The molecule has 0 amide bonds. The molecule has 21 heavy (non-hydrogen) atoms. The minimum absolute atomic E-state index is 0. The van der Waals surface area contributed by atoms with Crippen LogP contribution in [0.4, 0.5) is 0 Å². The van der Waals surface area contributed by atoms with Crippen molar-refractivity contribution in [1.82, 2.24) is 10.2 Å². The molecule has 0 bridgehead atoms. The molecule has 0 aliphatic rings. The van der Waals surface area contributed by atoms with E-state index in [9.17, 15) is 0 Å². The molecule has 0 aliphatic heterocycles. The minimum Gasteiger partial charge on any atom is -0.311 e. The Morgan fingerprint density at radius 1 is 0.905 bits per heavy atom. The third-order valence-electron chi connectivity index (χ3n) is 3.69. The first-order valence-electron chi connectivity index (χ1n) is 7.24.